The molecule has 3 N–H and O–H groups in total. The lowest BCUT2D eigenvalue weighted by Crippen LogP contribution is -2.45. The molecule has 0 saturated carbocycles. The van der Waals surface area contributed by atoms with E-state index < -0.39 is 30.4 Å². The molecule has 3 unspecified atom stereocenters. The Morgan fingerprint density at radius 3 is 2.50 bits per heavy atom. The fraction of sp³-hybridized carbons (Fsp3) is 0.450. The maximum absolute atomic E-state index is 10.9. The minimum Gasteiger partial charge on any atom is -0.508 e. The van der Waals surface area contributed by atoms with E-state index >= 15 is 0 Å². The zero-order chi connectivity index (χ0) is 19.3. The lowest BCUT2D eigenvalue weighted by atomic mass is 9.92. The van der Waals surface area contributed by atoms with Gasteiger partial charge in [-0.25, -0.2) is 0 Å². The van der Waals surface area contributed by atoms with Crippen molar-refractivity contribution in [1.29, 1.82) is 0 Å². The molecular formula is C20H26O6. The summed E-state index contributed by atoms with van der Waals surface area (Å²) in [6.45, 7) is 5.35. The van der Waals surface area contributed by atoms with E-state index in [1.165, 1.54) is 6.92 Å². The molecule has 6 nitrogen and oxygen atoms in total. The molecule has 0 aromatic heterocycles. The molecule has 26 heavy (non-hydrogen) atoms. The van der Waals surface area contributed by atoms with Gasteiger partial charge in [0, 0.05) is 13.3 Å². The molecule has 142 valence electrons. The van der Waals surface area contributed by atoms with E-state index in [0.717, 1.165) is 10.8 Å². The van der Waals surface area contributed by atoms with Crippen molar-refractivity contribution in [2.24, 2.45) is 0 Å². The van der Waals surface area contributed by atoms with Gasteiger partial charge in [0.05, 0.1) is 12.2 Å². The van der Waals surface area contributed by atoms with Crippen molar-refractivity contribution in [3.8, 4) is 5.75 Å². The van der Waals surface area contributed by atoms with Crippen LogP contribution in [-0.4, -0.2) is 46.2 Å². The number of hydrogen-bond acceptors (Lipinski definition) is 6. The molecule has 0 bridgehead atoms. The quantitative estimate of drug-likeness (QED) is 0.727. The maximum atomic E-state index is 10.9. The van der Waals surface area contributed by atoms with Gasteiger partial charge in [0.1, 0.15) is 24.6 Å². The van der Waals surface area contributed by atoms with Gasteiger partial charge in [0.25, 0.3) is 0 Å². The van der Waals surface area contributed by atoms with Gasteiger partial charge in [-0.2, -0.15) is 0 Å². The summed E-state index contributed by atoms with van der Waals surface area (Å²) in [6.07, 6.45) is -3.01. The molecular weight excluding hydrogens is 336 g/mol. The van der Waals surface area contributed by atoms with Crippen LogP contribution in [-0.2, 0) is 14.3 Å². The zero-order valence-electron chi connectivity index (χ0n) is 15.3. The monoisotopic (exact) mass is 362 g/mol. The first-order chi connectivity index (χ1) is 12.4. The number of phenols is 1. The number of aliphatic hydroxyl groups excluding tert-OH is 2. The first kappa shape index (κ1) is 20.2. The third-order valence-electron chi connectivity index (χ3n) is 4.20. The van der Waals surface area contributed by atoms with E-state index in [1.807, 2.05) is 26.0 Å². The van der Waals surface area contributed by atoms with Crippen LogP contribution in [0.25, 0.3) is 10.8 Å². The predicted molar refractivity (Wildman–Crippen MR) is 97.8 cm³/mol. The van der Waals surface area contributed by atoms with Crippen molar-refractivity contribution in [1.82, 2.24) is 0 Å². The summed E-state index contributed by atoms with van der Waals surface area (Å²) in [6, 6.07) is 10.5. The second-order valence-corrected chi connectivity index (χ2v) is 6.07. The Morgan fingerprint density at radius 2 is 1.81 bits per heavy atom. The van der Waals surface area contributed by atoms with Crippen LogP contribution < -0.4 is 0 Å². The van der Waals surface area contributed by atoms with Crippen LogP contribution in [0.3, 0.4) is 0 Å². The molecule has 6 heteroatoms. The van der Waals surface area contributed by atoms with Crippen molar-refractivity contribution >= 4 is 16.7 Å². The number of ether oxygens (including phenoxy) is 2. The minimum atomic E-state index is -1.06. The number of phenolic OH excluding ortho intramolecular Hbond substituents is 1. The van der Waals surface area contributed by atoms with Crippen molar-refractivity contribution in [2.75, 3.05) is 6.61 Å². The summed E-state index contributed by atoms with van der Waals surface area (Å²) >= 11 is 0. The van der Waals surface area contributed by atoms with Crippen LogP contribution in [0.15, 0.2) is 36.4 Å². The van der Waals surface area contributed by atoms with Crippen LogP contribution >= 0.6 is 0 Å². The maximum Gasteiger partial charge on any atom is 0.302 e. The van der Waals surface area contributed by atoms with Crippen LogP contribution in [0, 0.1) is 0 Å². The summed E-state index contributed by atoms with van der Waals surface area (Å²) in [5.74, 6) is -0.234. The highest BCUT2D eigenvalue weighted by Gasteiger charge is 2.38. The number of fused-ring (bicyclic) bond motifs is 1. The van der Waals surface area contributed by atoms with Gasteiger partial charge in [-0.1, -0.05) is 32.0 Å². The largest absolute Gasteiger partial charge is 0.508 e. The first-order valence-corrected chi connectivity index (χ1v) is 8.81. The summed E-state index contributed by atoms with van der Waals surface area (Å²) in [4.78, 5) is 10.9. The topological polar surface area (TPSA) is 96.2 Å². The van der Waals surface area contributed by atoms with Gasteiger partial charge in [-0.3, -0.25) is 4.79 Å². The van der Waals surface area contributed by atoms with Crippen LogP contribution in [0.2, 0.25) is 0 Å². The fourth-order valence-corrected chi connectivity index (χ4v) is 2.98. The first-order valence-electron chi connectivity index (χ1n) is 8.81. The van der Waals surface area contributed by atoms with E-state index in [9.17, 15) is 20.1 Å². The van der Waals surface area contributed by atoms with Crippen LogP contribution in [0.4, 0.5) is 0 Å². The molecule has 4 atom stereocenters. The van der Waals surface area contributed by atoms with Crippen molar-refractivity contribution in [3.05, 3.63) is 42.0 Å². The lowest BCUT2D eigenvalue weighted by Gasteiger charge is -2.37. The van der Waals surface area contributed by atoms with Crippen LogP contribution in [0.5, 0.6) is 5.75 Å². The Labute approximate surface area is 153 Å². The fourth-order valence-electron chi connectivity index (χ4n) is 2.98. The van der Waals surface area contributed by atoms with Gasteiger partial charge < -0.3 is 24.8 Å². The third kappa shape index (κ3) is 4.72. The number of benzene rings is 2. The average Bonchev–Trinajstić information content (AvgIpc) is 2.63. The third-order valence-corrected chi connectivity index (χ3v) is 4.20. The van der Waals surface area contributed by atoms with E-state index in [4.69, 9.17) is 9.47 Å². The van der Waals surface area contributed by atoms with Gasteiger partial charge in [0.15, 0.2) is 0 Å². The Kier molecular flexibility index (Phi) is 6.97. The lowest BCUT2D eigenvalue weighted by molar-refractivity contribution is -0.187. The Hall–Kier alpha value is -2.15. The molecule has 2 aromatic carbocycles. The standard InChI is InChI=1S/C18H20O6.C2H6/c1-10(19)23-9-15-8-16(21)17(22)18(24-15)13-3-2-12-7-14(20)5-4-11(12)6-13;1-2/h2-7,15-18,20-22H,8-9H2,1H3;1-2H3/t15?,16?,17?,18-;/m1./s1. The summed E-state index contributed by atoms with van der Waals surface area (Å²) < 4.78 is 10.8. The highest BCUT2D eigenvalue weighted by Crippen LogP contribution is 2.34. The minimum absolute atomic E-state index is 0.0388. The molecule has 3 rings (SSSR count). The molecule has 1 aliphatic rings. The Balaban J connectivity index is 0.00000117. The molecule has 1 fully saturated rings. The number of carbonyl (C=O) groups is 1. The Morgan fingerprint density at radius 1 is 1.15 bits per heavy atom. The summed E-state index contributed by atoms with van der Waals surface area (Å²) in [5, 5.41) is 31.6. The number of esters is 1. The molecule has 0 spiro atoms. The number of carbonyl (C=O) groups excluding carboxylic acids is 1. The summed E-state index contributed by atoms with van der Waals surface area (Å²) in [5.41, 5.74) is 0.715. The van der Waals surface area contributed by atoms with Gasteiger partial charge in [0.2, 0.25) is 0 Å². The molecule has 0 amide bonds. The Bertz CT molecular complexity index is 744. The van der Waals surface area contributed by atoms with Gasteiger partial charge in [-0.05, 0) is 34.5 Å². The van der Waals surface area contributed by atoms with E-state index in [2.05, 4.69) is 0 Å². The second kappa shape index (κ2) is 8.98. The molecule has 1 heterocycles. The molecule has 0 radical (unpaired) electrons. The number of aromatic hydroxyl groups is 1. The van der Waals surface area contributed by atoms with Gasteiger partial charge in [-0.15, -0.1) is 0 Å². The summed E-state index contributed by atoms with van der Waals surface area (Å²) in [7, 11) is 0. The van der Waals surface area contributed by atoms with E-state index in [1.54, 1.807) is 24.3 Å². The van der Waals surface area contributed by atoms with E-state index in [0.29, 0.717) is 5.56 Å². The van der Waals surface area contributed by atoms with Crippen LogP contribution in [0.1, 0.15) is 38.9 Å². The number of aliphatic hydroxyl groups is 2. The molecule has 1 aliphatic heterocycles. The van der Waals surface area contributed by atoms with Gasteiger partial charge >= 0.3 is 5.97 Å². The highest BCUT2D eigenvalue weighted by molar-refractivity contribution is 5.84. The smallest absolute Gasteiger partial charge is 0.302 e. The van der Waals surface area contributed by atoms with E-state index in [-0.39, 0.29) is 18.8 Å². The molecule has 0 aliphatic carbocycles. The molecule has 2 aromatic rings. The molecule has 1 saturated heterocycles. The number of hydrogen-bond donors (Lipinski definition) is 3. The highest BCUT2D eigenvalue weighted by atomic mass is 16.6. The van der Waals surface area contributed by atoms with Crippen molar-refractivity contribution < 1.29 is 29.6 Å². The normalized spacial score (nSPS) is 25.3. The predicted octanol–water partition coefficient (Wildman–Crippen LogP) is 2.69. The zero-order valence-corrected chi connectivity index (χ0v) is 15.3. The SMILES string of the molecule is CC.CC(=O)OCC1CC(O)C(O)[C@@H](c2ccc3cc(O)ccc3c2)O1. The number of rotatable bonds is 3. The average molecular weight is 362 g/mol. The van der Waals surface area contributed by atoms with Crippen molar-refractivity contribution in [3.63, 3.8) is 0 Å². The second-order valence-electron chi connectivity index (χ2n) is 6.07. The van der Waals surface area contributed by atoms with Crippen molar-refractivity contribution in [2.45, 2.75) is 51.6 Å².